The molecular formula is C16H20N2O2. The monoisotopic (exact) mass is 272 g/mol. The van der Waals surface area contributed by atoms with Crippen molar-refractivity contribution in [2.75, 3.05) is 19.6 Å². The minimum absolute atomic E-state index is 0.142. The van der Waals surface area contributed by atoms with Crippen LogP contribution in [-0.4, -0.2) is 36.3 Å². The van der Waals surface area contributed by atoms with E-state index in [1.165, 1.54) is 17.7 Å². The van der Waals surface area contributed by atoms with Gasteiger partial charge in [-0.1, -0.05) is 12.1 Å². The standard InChI is InChI=1S/C16H20N2O2/c19-15-13-5-1-2-6-14(13)16(20)18(15)10-4-3-9-17-11-12-7-8-12/h1-2,5-6,12,17H,3-4,7-11H2. The van der Waals surface area contributed by atoms with Gasteiger partial charge < -0.3 is 5.32 Å². The smallest absolute Gasteiger partial charge is 0.261 e. The summed E-state index contributed by atoms with van der Waals surface area (Å²) in [4.78, 5) is 25.6. The maximum atomic E-state index is 12.1. The van der Waals surface area contributed by atoms with Crippen molar-refractivity contribution < 1.29 is 9.59 Å². The number of hydrogen-bond donors (Lipinski definition) is 1. The van der Waals surface area contributed by atoms with Gasteiger partial charge >= 0.3 is 0 Å². The van der Waals surface area contributed by atoms with Crippen LogP contribution in [0.15, 0.2) is 24.3 Å². The SMILES string of the molecule is O=C1c2ccccc2C(=O)N1CCCCNCC1CC1. The van der Waals surface area contributed by atoms with Gasteiger partial charge in [-0.3, -0.25) is 14.5 Å². The molecule has 1 aliphatic heterocycles. The van der Waals surface area contributed by atoms with Crippen molar-refractivity contribution in [2.24, 2.45) is 5.92 Å². The summed E-state index contributed by atoms with van der Waals surface area (Å²) in [5, 5.41) is 3.42. The van der Waals surface area contributed by atoms with Gasteiger partial charge in [0.2, 0.25) is 0 Å². The molecule has 1 aromatic carbocycles. The fraction of sp³-hybridized carbons (Fsp3) is 0.500. The molecule has 1 fully saturated rings. The number of rotatable bonds is 7. The Morgan fingerprint density at radius 2 is 1.70 bits per heavy atom. The molecule has 1 aromatic rings. The van der Waals surface area contributed by atoms with E-state index in [1.54, 1.807) is 24.3 Å². The lowest BCUT2D eigenvalue weighted by molar-refractivity contribution is 0.0652. The molecular weight excluding hydrogens is 252 g/mol. The molecule has 0 aromatic heterocycles. The summed E-state index contributed by atoms with van der Waals surface area (Å²) >= 11 is 0. The molecule has 0 unspecified atom stereocenters. The van der Waals surface area contributed by atoms with E-state index in [9.17, 15) is 9.59 Å². The Morgan fingerprint density at radius 1 is 1.05 bits per heavy atom. The van der Waals surface area contributed by atoms with Crippen molar-refractivity contribution in [3.05, 3.63) is 35.4 Å². The molecule has 1 aliphatic carbocycles. The van der Waals surface area contributed by atoms with Gasteiger partial charge in [0.25, 0.3) is 11.8 Å². The first-order chi connectivity index (χ1) is 9.77. The lowest BCUT2D eigenvalue weighted by Gasteiger charge is -2.13. The molecule has 3 rings (SSSR count). The number of unbranched alkanes of at least 4 members (excludes halogenated alkanes) is 1. The topological polar surface area (TPSA) is 49.4 Å². The van der Waals surface area contributed by atoms with Crippen molar-refractivity contribution in [2.45, 2.75) is 25.7 Å². The molecule has 106 valence electrons. The van der Waals surface area contributed by atoms with E-state index in [0.717, 1.165) is 31.8 Å². The zero-order chi connectivity index (χ0) is 13.9. The van der Waals surface area contributed by atoms with Crippen LogP contribution in [0.25, 0.3) is 0 Å². The highest BCUT2D eigenvalue weighted by molar-refractivity contribution is 6.21. The summed E-state index contributed by atoms with van der Waals surface area (Å²) in [7, 11) is 0. The Hall–Kier alpha value is -1.68. The molecule has 0 saturated heterocycles. The quantitative estimate of drug-likeness (QED) is 0.610. The summed E-state index contributed by atoms with van der Waals surface area (Å²) in [6.45, 7) is 2.62. The highest BCUT2D eigenvalue weighted by atomic mass is 16.2. The Morgan fingerprint density at radius 3 is 2.30 bits per heavy atom. The first kappa shape index (κ1) is 13.3. The predicted molar refractivity (Wildman–Crippen MR) is 76.6 cm³/mol. The number of hydrogen-bond acceptors (Lipinski definition) is 3. The average molecular weight is 272 g/mol. The predicted octanol–water partition coefficient (Wildman–Crippen LogP) is 2.06. The van der Waals surface area contributed by atoms with Crippen LogP contribution in [0.4, 0.5) is 0 Å². The van der Waals surface area contributed by atoms with Gasteiger partial charge in [0.1, 0.15) is 0 Å². The minimum Gasteiger partial charge on any atom is -0.316 e. The van der Waals surface area contributed by atoms with Crippen LogP contribution in [0, 0.1) is 5.92 Å². The Balaban J connectivity index is 1.44. The number of nitrogens with zero attached hydrogens (tertiary/aromatic N) is 1. The highest BCUT2D eigenvalue weighted by Crippen LogP contribution is 2.27. The summed E-state index contributed by atoms with van der Waals surface area (Å²) in [5.74, 6) is 0.610. The zero-order valence-electron chi connectivity index (χ0n) is 11.6. The van der Waals surface area contributed by atoms with E-state index in [-0.39, 0.29) is 11.8 Å². The van der Waals surface area contributed by atoms with Crippen molar-refractivity contribution in [1.29, 1.82) is 0 Å². The molecule has 2 amide bonds. The van der Waals surface area contributed by atoms with Gasteiger partial charge in [-0.2, -0.15) is 0 Å². The van der Waals surface area contributed by atoms with Gasteiger partial charge in [-0.25, -0.2) is 0 Å². The Kier molecular flexibility index (Phi) is 3.83. The number of fused-ring (bicyclic) bond motifs is 1. The Labute approximate surface area is 119 Å². The van der Waals surface area contributed by atoms with Crippen LogP contribution < -0.4 is 5.32 Å². The molecule has 0 bridgehead atoms. The molecule has 0 radical (unpaired) electrons. The van der Waals surface area contributed by atoms with Crippen molar-refractivity contribution >= 4 is 11.8 Å². The van der Waals surface area contributed by atoms with Crippen LogP contribution in [-0.2, 0) is 0 Å². The zero-order valence-corrected chi connectivity index (χ0v) is 11.6. The third kappa shape index (κ3) is 2.75. The largest absolute Gasteiger partial charge is 0.316 e. The van der Waals surface area contributed by atoms with Gasteiger partial charge in [-0.05, 0) is 56.8 Å². The number of amides is 2. The van der Waals surface area contributed by atoms with Crippen LogP contribution in [0.5, 0.6) is 0 Å². The second-order valence-electron chi connectivity index (χ2n) is 5.66. The van der Waals surface area contributed by atoms with Crippen LogP contribution in [0.3, 0.4) is 0 Å². The normalized spacial score (nSPS) is 17.7. The second kappa shape index (κ2) is 5.75. The number of benzene rings is 1. The fourth-order valence-electron chi connectivity index (χ4n) is 2.59. The molecule has 0 atom stereocenters. The summed E-state index contributed by atoms with van der Waals surface area (Å²) in [5.41, 5.74) is 1.09. The van der Waals surface area contributed by atoms with E-state index in [1.807, 2.05) is 0 Å². The fourth-order valence-corrected chi connectivity index (χ4v) is 2.59. The van der Waals surface area contributed by atoms with E-state index in [4.69, 9.17) is 0 Å². The van der Waals surface area contributed by atoms with E-state index >= 15 is 0 Å². The maximum absolute atomic E-state index is 12.1. The summed E-state index contributed by atoms with van der Waals surface area (Å²) < 4.78 is 0. The maximum Gasteiger partial charge on any atom is 0.261 e. The molecule has 1 heterocycles. The number of nitrogens with one attached hydrogen (secondary N) is 1. The number of imide groups is 1. The van der Waals surface area contributed by atoms with Gasteiger partial charge in [0.05, 0.1) is 11.1 Å². The van der Waals surface area contributed by atoms with Crippen molar-refractivity contribution in [3.63, 3.8) is 0 Å². The molecule has 1 saturated carbocycles. The van der Waals surface area contributed by atoms with Gasteiger partial charge in [0, 0.05) is 6.54 Å². The summed E-state index contributed by atoms with van der Waals surface area (Å²) in [6, 6.07) is 7.06. The molecule has 4 heteroatoms. The summed E-state index contributed by atoms with van der Waals surface area (Å²) in [6.07, 6.45) is 4.59. The van der Waals surface area contributed by atoms with Gasteiger partial charge in [0.15, 0.2) is 0 Å². The van der Waals surface area contributed by atoms with Crippen molar-refractivity contribution in [3.8, 4) is 0 Å². The highest BCUT2D eigenvalue weighted by Gasteiger charge is 2.34. The first-order valence-corrected chi connectivity index (χ1v) is 7.43. The van der Waals surface area contributed by atoms with E-state index in [2.05, 4.69) is 5.32 Å². The minimum atomic E-state index is -0.142. The molecule has 1 N–H and O–H groups in total. The third-order valence-corrected chi connectivity index (χ3v) is 3.99. The molecule has 2 aliphatic rings. The number of carbonyl (C=O) groups is 2. The van der Waals surface area contributed by atoms with Crippen LogP contribution >= 0.6 is 0 Å². The Bertz CT molecular complexity index is 488. The molecule has 4 nitrogen and oxygen atoms in total. The third-order valence-electron chi connectivity index (χ3n) is 3.99. The lowest BCUT2D eigenvalue weighted by atomic mass is 10.1. The lowest BCUT2D eigenvalue weighted by Crippen LogP contribution is -2.31. The molecule has 20 heavy (non-hydrogen) atoms. The van der Waals surface area contributed by atoms with E-state index in [0.29, 0.717) is 17.7 Å². The number of carbonyl (C=O) groups excluding carboxylic acids is 2. The van der Waals surface area contributed by atoms with Crippen molar-refractivity contribution in [1.82, 2.24) is 10.2 Å². The van der Waals surface area contributed by atoms with Gasteiger partial charge in [-0.15, -0.1) is 0 Å². The van der Waals surface area contributed by atoms with Crippen LogP contribution in [0.2, 0.25) is 0 Å². The molecule has 0 spiro atoms. The van der Waals surface area contributed by atoms with Crippen LogP contribution in [0.1, 0.15) is 46.4 Å². The second-order valence-corrected chi connectivity index (χ2v) is 5.66. The van der Waals surface area contributed by atoms with E-state index < -0.39 is 0 Å². The first-order valence-electron chi connectivity index (χ1n) is 7.43. The average Bonchev–Trinajstić information content (AvgIpc) is 3.26.